The Morgan fingerprint density at radius 2 is 1.93 bits per heavy atom. The van der Waals surface area contributed by atoms with E-state index in [-0.39, 0.29) is 5.91 Å². The Balaban J connectivity index is 1.42. The third-order valence-electron chi connectivity index (χ3n) is 4.16. The van der Waals surface area contributed by atoms with Crippen LogP contribution >= 0.6 is 23.2 Å². The first-order valence-corrected chi connectivity index (χ1v) is 9.71. The predicted octanol–water partition coefficient (Wildman–Crippen LogP) is 3.13. The normalized spacial score (nSPS) is 12.0. The molecule has 0 bridgehead atoms. The second-order valence-electron chi connectivity index (χ2n) is 6.54. The van der Waals surface area contributed by atoms with Crippen LogP contribution in [0.25, 0.3) is 11.4 Å². The minimum absolute atomic E-state index is 0.0833. The van der Waals surface area contributed by atoms with E-state index in [9.17, 15) is 4.79 Å². The lowest BCUT2D eigenvalue weighted by molar-refractivity contribution is -0.871. The van der Waals surface area contributed by atoms with Crippen molar-refractivity contribution in [1.29, 1.82) is 0 Å². The van der Waals surface area contributed by atoms with E-state index in [0.717, 1.165) is 23.4 Å². The molecule has 0 radical (unpaired) electrons. The molecule has 0 fully saturated rings. The van der Waals surface area contributed by atoms with Gasteiger partial charge in [0, 0.05) is 24.1 Å². The number of benzene rings is 2. The highest BCUT2D eigenvalue weighted by molar-refractivity contribution is 6.42. The van der Waals surface area contributed by atoms with E-state index in [1.807, 2.05) is 37.4 Å². The molecule has 2 N–H and O–H groups in total. The van der Waals surface area contributed by atoms with Crippen molar-refractivity contribution >= 4 is 34.8 Å². The van der Waals surface area contributed by atoms with Crippen LogP contribution in [0.1, 0.15) is 12.3 Å². The number of halogens is 2. The Hall–Kier alpha value is -2.41. The molecule has 146 valence electrons. The minimum Gasteiger partial charge on any atom is -0.339 e. The Kier molecular flexibility index (Phi) is 7.03. The van der Waals surface area contributed by atoms with Gasteiger partial charge in [-0.15, -0.1) is 0 Å². The van der Waals surface area contributed by atoms with Gasteiger partial charge in [0.05, 0.1) is 23.6 Å². The summed E-state index contributed by atoms with van der Waals surface area (Å²) in [5.41, 5.74) is 1.56. The van der Waals surface area contributed by atoms with E-state index in [2.05, 4.69) is 15.5 Å². The molecule has 0 aliphatic heterocycles. The Labute approximate surface area is 173 Å². The summed E-state index contributed by atoms with van der Waals surface area (Å²) in [7, 11) is 1.97. The minimum atomic E-state index is -0.0833. The lowest BCUT2D eigenvalue weighted by Crippen LogP contribution is -3.10. The number of hydrogen-bond acceptors (Lipinski definition) is 4. The van der Waals surface area contributed by atoms with Crippen LogP contribution in [0.2, 0.25) is 10.0 Å². The van der Waals surface area contributed by atoms with Gasteiger partial charge in [-0.05, 0) is 18.2 Å². The largest absolute Gasteiger partial charge is 0.339 e. The molecule has 2 aromatic carbocycles. The van der Waals surface area contributed by atoms with E-state index < -0.39 is 0 Å². The van der Waals surface area contributed by atoms with E-state index in [1.54, 1.807) is 18.2 Å². The van der Waals surface area contributed by atoms with Gasteiger partial charge in [0.25, 0.3) is 5.91 Å². The van der Waals surface area contributed by atoms with Crippen LogP contribution < -0.4 is 10.2 Å². The maximum Gasteiger partial charge on any atom is 0.279 e. The summed E-state index contributed by atoms with van der Waals surface area (Å²) in [6, 6.07) is 14.7. The molecule has 8 heteroatoms. The Morgan fingerprint density at radius 3 is 2.68 bits per heavy atom. The smallest absolute Gasteiger partial charge is 0.279 e. The Morgan fingerprint density at radius 1 is 1.14 bits per heavy atom. The molecule has 0 saturated heterocycles. The predicted molar refractivity (Wildman–Crippen MR) is 110 cm³/mol. The topological polar surface area (TPSA) is 72.5 Å². The molecule has 0 saturated carbocycles. The second-order valence-corrected chi connectivity index (χ2v) is 7.36. The molecule has 1 atom stereocenters. The molecular formula is C20H21Cl2N4O2+. The summed E-state index contributed by atoms with van der Waals surface area (Å²) in [4.78, 5) is 17.7. The van der Waals surface area contributed by atoms with Gasteiger partial charge in [-0.1, -0.05) is 58.7 Å². The van der Waals surface area contributed by atoms with E-state index >= 15 is 0 Å². The molecular weight excluding hydrogens is 399 g/mol. The number of carbonyl (C=O) groups excluding carboxylic acids is 1. The fourth-order valence-electron chi connectivity index (χ4n) is 2.74. The average molecular weight is 420 g/mol. The van der Waals surface area contributed by atoms with Gasteiger partial charge >= 0.3 is 0 Å². The van der Waals surface area contributed by atoms with Gasteiger partial charge in [-0.25, -0.2) is 0 Å². The van der Waals surface area contributed by atoms with Crippen LogP contribution in [0.15, 0.2) is 53.1 Å². The average Bonchev–Trinajstić information content (AvgIpc) is 3.14. The van der Waals surface area contributed by atoms with Gasteiger partial charge < -0.3 is 14.7 Å². The zero-order valence-electron chi connectivity index (χ0n) is 15.4. The number of nitrogens with zero attached hydrogens (tertiary/aromatic N) is 2. The summed E-state index contributed by atoms with van der Waals surface area (Å²) in [6.45, 7) is 1.15. The molecule has 0 aliphatic carbocycles. The first kappa shape index (κ1) is 20.3. The Bertz CT molecular complexity index is 931. The van der Waals surface area contributed by atoms with Gasteiger partial charge in [0.1, 0.15) is 0 Å². The maximum atomic E-state index is 12.2. The number of quaternary nitrogens is 1. The number of aryl methyl sites for hydroxylation is 1. The molecule has 1 aromatic heterocycles. The molecule has 1 unspecified atom stereocenters. The zero-order chi connectivity index (χ0) is 19.9. The summed E-state index contributed by atoms with van der Waals surface area (Å²) < 4.78 is 5.31. The summed E-state index contributed by atoms with van der Waals surface area (Å²) in [6.07, 6.45) is 1.51. The van der Waals surface area contributed by atoms with Crippen molar-refractivity contribution in [3.63, 3.8) is 0 Å². The van der Waals surface area contributed by atoms with Crippen LogP contribution in [0, 0.1) is 0 Å². The summed E-state index contributed by atoms with van der Waals surface area (Å²) >= 11 is 11.8. The van der Waals surface area contributed by atoms with Crippen LogP contribution in [0.4, 0.5) is 5.69 Å². The number of rotatable bonds is 8. The van der Waals surface area contributed by atoms with Crippen molar-refractivity contribution in [3.8, 4) is 11.4 Å². The molecule has 1 amide bonds. The molecule has 28 heavy (non-hydrogen) atoms. The highest BCUT2D eigenvalue weighted by Crippen LogP contribution is 2.24. The third-order valence-corrected chi connectivity index (χ3v) is 4.90. The highest BCUT2D eigenvalue weighted by atomic mass is 35.5. The molecule has 1 heterocycles. The molecule has 3 aromatic rings. The first-order chi connectivity index (χ1) is 13.5. The number of amides is 1. The van der Waals surface area contributed by atoms with Crippen molar-refractivity contribution in [2.75, 3.05) is 25.5 Å². The number of aromatic nitrogens is 2. The fraction of sp³-hybridized carbons (Fsp3) is 0.250. The van der Waals surface area contributed by atoms with Gasteiger partial charge in [0.2, 0.25) is 11.7 Å². The standard InChI is InChI=1S/C20H20Cl2N4O2/c1-26(13-18(27)23-15-9-10-16(21)17(22)12-15)11-5-8-19-24-20(25-28-19)14-6-3-2-4-7-14/h2-4,6-7,9-10,12H,5,8,11,13H2,1H3,(H,23,27)/p+1. The quantitative estimate of drug-likeness (QED) is 0.588. The summed E-state index contributed by atoms with van der Waals surface area (Å²) in [5, 5.41) is 7.71. The first-order valence-electron chi connectivity index (χ1n) is 8.95. The van der Waals surface area contributed by atoms with Crippen LogP contribution in [-0.4, -0.2) is 36.2 Å². The van der Waals surface area contributed by atoms with Crippen molar-refractivity contribution in [2.24, 2.45) is 0 Å². The van der Waals surface area contributed by atoms with Gasteiger partial charge in [0.15, 0.2) is 6.54 Å². The van der Waals surface area contributed by atoms with Crippen molar-refractivity contribution in [3.05, 3.63) is 64.5 Å². The lowest BCUT2D eigenvalue weighted by Gasteiger charge is -2.13. The zero-order valence-corrected chi connectivity index (χ0v) is 16.9. The molecule has 3 rings (SSSR count). The highest BCUT2D eigenvalue weighted by Gasteiger charge is 2.13. The van der Waals surface area contributed by atoms with Crippen LogP contribution in [0.5, 0.6) is 0 Å². The third kappa shape index (κ3) is 5.79. The number of hydrogen-bond donors (Lipinski definition) is 2. The van der Waals surface area contributed by atoms with Crippen molar-refractivity contribution in [1.82, 2.24) is 10.1 Å². The number of carbonyl (C=O) groups is 1. The summed E-state index contributed by atoms with van der Waals surface area (Å²) in [5.74, 6) is 1.12. The monoisotopic (exact) mass is 419 g/mol. The lowest BCUT2D eigenvalue weighted by atomic mass is 10.2. The number of likely N-dealkylation sites (N-methyl/N-ethyl adjacent to an activating group) is 1. The maximum absolute atomic E-state index is 12.2. The molecule has 0 aliphatic rings. The fourth-order valence-corrected chi connectivity index (χ4v) is 3.04. The van der Waals surface area contributed by atoms with E-state index in [4.69, 9.17) is 27.7 Å². The number of anilines is 1. The van der Waals surface area contributed by atoms with E-state index in [0.29, 0.717) is 40.4 Å². The second kappa shape index (κ2) is 9.68. The van der Waals surface area contributed by atoms with Gasteiger partial charge in [-0.3, -0.25) is 4.79 Å². The van der Waals surface area contributed by atoms with E-state index in [1.165, 1.54) is 0 Å². The molecule has 0 spiro atoms. The SMILES string of the molecule is C[NH+](CCCc1nc(-c2ccccc2)no1)CC(=O)Nc1ccc(Cl)c(Cl)c1. The van der Waals surface area contributed by atoms with Crippen LogP contribution in [-0.2, 0) is 11.2 Å². The van der Waals surface area contributed by atoms with Crippen LogP contribution in [0.3, 0.4) is 0 Å². The van der Waals surface area contributed by atoms with Gasteiger partial charge in [-0.2, -0.15) is 4.98 Å². The molecule has 6 nitrogen and oxygen atoms in total. The van der Waals surface area contributed by atoms with Crippen molar-refractivity contribution < 1.29 is 14.2 Å². The van der Waals surface area contributed by atoms with Crippen molar-refractivity contribution in [2.45, 2.75) is 12.8 Å². The number of nitrogens with one attached hydrogen (secondary N) is 2.